The molecule has 0 N–H and O–H groups in total. The van der Waals surface area contributed by atoms with E-state index in [-0.39, 0.29) is 73.5 Å². The van der Waals surface area contributed by atoms with Gasteiger partial charge in [0.15, 0.2) is 0 Å². The van der Waals surface area contributed by atoms with Crippen molar-refractivity contribution in [2.24, 2.45) is 0 Å². The molecule has 0 nitrogen and oxygen atoms in total. The zero-order valence-electron chi connectivity index (χ0n) is 2.05. The van der Waals surface area contributed by atoms with Gasteiger partial charge in [0.1, 0.15) is 0 Å². The molecule has 0 aliphatic rings. The van der Waals surface area contributed by atoms with Crippen molar-refractivity contribution in [2.75, 3.05) is 0 Å². The van der Waals surface area contributed by atoms with Crippen LogP contribution in [0.25, 0.3) is 0 Å². The SMILES string of the molecule is [As].[Ga+3].[In].[P-3]. The Morgan fingerprint density at radius 1 is 1.00 bits per heavy atom. The molecule has 4 heteroatoms. The number of hydrogen-bond acceptors (Lipinski definition) is 0. The molecule has 0 aliphatic carbocycles. The predicted octanol–water partition coefficient (Wildman–Crippen LogP) is -0.281. The summed E-state index contributed by atoms with van der Waals surface area (Å²) >= 11 is 0. The molecule has 0 saturated heterocycles. The fourth-order valence-corrected chi connectivity index (χ4v) is 0. The van der Waals surface area contributed by atoms with E-state index < -0.39 is 0 Å². The van der Waals surface area contributed by atoms with Crippen LogP contribution in [0.2, 0.25) is 0 Å². The first kappa shape index (κ1) is 31.5. The van der Waals surface area contributed by atoms with Gasteiger partial charge in [-0.2, -0.15) is 0 Å². The van der Waals surface area contributed by atoms with E-state index in [2.05, 4.69) is 0 Å². The number of hydrogen-bond donors (Lipinski definition) is 0. The zero-order chi connectivity index (χ0) is 0. The van der Waals surface area contributed by atoms with Crippen LogP contribution in [0.1, 0.15) is 0 Å². The van der Waals surface area contributed by atoms with Crippen molar-refractivity contribution in [1.29, 1.82) is 0 Å². The maximum Gasteiger partial charge on any atom is 3.00 e. The Hall–Kier alpha value is 2.49. The fourth-order valence-electron chi connectivity index (χ4n) is 0. The van der Waals surface area contributed by atoms with E-state index in [0.717, 1.165) is 0 Å². The van der Waals surface area contributed by atoms with E-state index in [0.29, 0.717) is 0 Å². The minimum absolute atomic E-state index is 0. The first-order valence-corrected chi connectivity index (χ1v) is 0. The van der Waals surface area contributed by atoms with Crippen molar-refractivity contribution >= 4 is 73.5 Å². The van der Waals surface area contributed by atoms with Gasteiger partial charge in [0, 0.05) is 43.8 Å². The molecule has 0 aromatic heterocycles. The fraction of sp³-hybridized carbons (Fsp3) is 0. The summed E-state index contributed by atoms with van der Waals surface area (Å²) in [7, 11) is 0. The van der Waals surface area contributed by atoms with E-state index in [9.17, 15) is 0 Å². The Kier molecular flexibility index (Phi) is 140. The average Bonchev–Trinajstić information content (AvgIpc) is 0. The predicted molar refractivity (Wildman–Crippen MR) is 24.2 cm³/mol. The van der Waals surface area contributed by atoms with Crippen molar-refractivity contribution in [1.82, 2.24) is 0 Å². The van der Waals surface area contributed by atoms with E-state index in [1.54, 1.807) is 0 Å². The molecule has 4 heavy (non-hydrogen) atoms. The van der Waals surface area contributed by atoms with Gasteiger partial charge in [-0.1, -0.05) is 0 Å². The third-order valence-electron chi connectivity index (χ3n) is 0. The Morgan fingerprint density at radius 2 is 1.00 bits per heavy atom. The average molecular weight is 290 g/mol. The molecule has 0 fully saturated rings. The quantitative estimate of drug-likeness (QED) is 0.425. The van der Waals surface area contributed by atoms with Crippen LogP contribution in [-0.4, -0.2) is 63.6 Å². The summed E-state index contributed by atoms with van der Waals surface area (Å²) in [6, 6.07) is 0. The van der Waals surface area contributed by atoms with Gasteiger partial charge in [0.05, 0.1) is 0 Å². The molecule has 0 aromatic carbocycles. The van der Waals surface area contributed by atoms with Crippen molar-refractivity contribution in [3.63, 3.8) is 0 Å². The summed E-state index contributed by atoms with van der Waals surface area (Å²) < 4.78 is 0. The summed E-state index contributed by atoms with van der Waals surface area (Å²) in [4.78, 5) is 0. The van der Waals surface area contributed by atoms with Gasteiger partial charge in [-0.15, -0.1) is 0 Å². The van der Waals surface area contributed by atoms with Gasteiger partial charge in [0.2, 0.25) is 0 Å². The molecule has 0 saturated carbocycles. The standard InChI is InChI=1S/As.Ga.In.P/q;+3;;-3. The van der Waals surface area contributed by atoms with Gasteiger partial charge in [-0.3, -0.25) is 0 Å². The van der Waals surface area contributed by atoms with Crippen LogP contribution in [0.15, 0.2) is 0 Å². The van der Waals surface area contributed by atoms with Gasteiger partial charge in [-0.05, 0) is 0 Å². The molecule has 6 radical (unpaired) electrons. The molecule has 0 spiro atoms. The zero-order valence-corrected chi connectivity index (χ0v) is 10.5. The third kappa shape index (κ3) is 8.82. The summed E-state index contributed by atoms with van der Waals surface area (Å²) in [5, 5.41) is 0. The molecule has 0 aromatic rings. The second kappa shape index (κ2) is 17.8. The summed E-state index contributed by atoms with van der Waals surface area (Å²) in [5.74, 6) is 0. The van der Waals surface area contributed by atoms with E-state index in [1.807, 2.05) is 0 Å². The van der Waals surface area contributed by atoms with Gasteiger partial charge >= 0.3 is 19.8 Å². The Labute approximate surface area is 72.6 Å². The van der Waals surface area contributed by atoms with Crippen LogP contribution in [0.3, 0.4) is 0 Å². The molecule has 0 rings (SSSR count). The first-order valence-electron chi connectivity index (χ1n) is 0. The Morgan fingerprint density at radius 3 is 1.00 bits per heavy atom. The molecule has 0 amide bonds. The largest absolute Gasteiger partial charge is 3.00 e. The van der Waals surface area contributed by atoms with Crippen LogP contribution in [0, 0.1) is 0 Å². The van der Waals surface area contributed by atoms with E-state index >= 15 is 0 Å². The maximum absolute atomic E-state index is 0. The van der Waals surface area contributed by atoms with Gasteiger partial charge in [-0.25, -0.2) is 0 Å². The second-order valence-electron chi connectivity index (χ2n) is 0. The molecule has 0 aliphatic heterocycles. The normalized spacial score (nSPS) is 0. The van der Waals surface area contributed by atoms with Crippen molar-refractivity contribution in [2.45, 2.75) is 0 Å². The van der Waals surface area contributed by atoms with Gasteiger partial charge < -0.3 is 9.90 Å². The Bertz CT molecular complexity index is 8.00. The maximum atomic E-state index is 0. The van der Waals surface area contributed by atoms with Crippen molar-refractivity contribution in [3.05, 3.63) is 0 Å². The van der Waals surface area contributed by atoms with Crippen LogP contribution >= 0.6 is 9.90 Å². The molecular weight excluding hydrogens is 290 g/mol. The first-order chi connectivity index (χ1) is 0. The monoisotopic (exact) mass is 290 g/mol. The van der Waals surface area contributed by atoms with E-state index in [4.69, 9.17) is 0 Å². The minimum atomic E-state index is 0. The number of rotatable bonds is 0. The van der Waals surface area contributed by atoms with Gasteiger partial charge in [0.25, 0.3) is 0 Å². The molecular formula is AsGaInP. The summed E-state index contributed by atoms with van der Waals surface area (Å²) in [5.41, 5.74) is 0. The molecule has 0 unspecified atom stereocenters. The van der Waals surface area contributed by atoms with Crippen LogP contribution in [0.5, 0.6) is 0 Å². The second-order valence-corrected chi connectivity index (χ2v) is 0. The van der Waals surface area contributed by atoms with Crippen molar-refractivity contribution in [3.8, 4) is 0 Å². The smallest absolute Gasteiger partial charge is 3.00 e. The molecule has 0 bridgehead atoms. The summed E-state index contributed by atoms with van der Waals surface area (Å²) in [6.45, 7) is 0. The van der Waals surface area contributed by atoms with Crippen molar-refractivity contribution < 1.29 is 0 Å². The summed E-state index contributed by atoms with van der Waals surface area (Å²) in [6.07, 6.45) is 0. The van der Waals surface area contributed by atoms with Crippen LogP contribution in [0.4, 0.5) is 0 Å². The third-order valence-corrected chi connectivity index (χ3v) is 0. The van der Waals surface area contributed by atoms with E-state index in [1.165, 1.54) is 0 Å². The molecule has 0 heterocycles. The molecule has 0 atom stereocenters. The van der Waals surface area contributed by atoms with Crippen LogP contribution < -0.4 is 0 Å². The Balaban J connectivity index is 0. The van der Waals surface area contributed by atoms with Crippen LogP contribution in [-0.2, 0) is 0 Å². The minimum Gasteiger partial charge on any atom is -3.00 e. The molecule has 16 valence electrons. The topological polar surface area (TPSA) is 0 Å².